The minimum Gasteiger partial charge on any atom is -0.315 e. The van der Waals surface area contributed by atoms with Crippen molar-refractivity contribution in [1.82, 2.24) is 30.7 Å². The Morgan fingerprint density at radius 3 is 2.42 bits per heavy atom. The average molecular weight is 482 g/mol. The van der Waals surface area contributed by atoms with Crippen LogP contribution in [0.2, 0.25) is 0 Å². The van der Waals surface area contributed by atoms with Gasteiger partial charge in [0.05, 0.1) is 9.79 Å². The highest BCUT2D eigenvalue weighted by atomic mass is 32.2. The molecule has 0 aliphatic carbocycles. The van der Waals surface area contributed by atoms with E-state index in [1.807, 2.05) is 0 Å². The van der Waals surface area contributed by atoms with E-state index in [9.17, 15) is 16.8 Å². The fourth-order valence-corrected chi connectivity index (χ4v) is 5.94. The predicted molar refractivity (Wildman–Crippen MR) is 115 cm³/mol. The van der Waals surface area contributed by atoms with Crippen LogP contribution in [0.4, 0.5) is 0 Å². The molecule has 0 saturated carbocycles. The van der Waals surface area contributed by atoms with Crippen LogP contribution in [0.25, 0.3) is 22.5 Å². The van der Waals surface area contributed by atoms with Crippen molar-refractivity contribution < 1.29 is 16.8 Å². The summed E-state index contributed by atoms with van der Waals surface area (Å²) < 4.78 is 51.8. The van der Waals surface area contributed by atoms with Gasteiger partial charge >= 0.3 is 0 Å². The maximum absolute atomic E-state index is 13.0. The van der Waals surface area contributed by atoms with Gasteiger partial charge in [-0.1, -0.05) is 18.2 Å². The number of nitrogens with two attached hydrogens (primary N) is 1. The van der Waals surface area contributed by atoms with Crippen molar-refractivity contribution >= 4 is 32.7 Å². The number of tetrazole rings is 1. The molecule has 1 aromatic heterocycles. The Kier molecular flexibility index (Phi) is 5.85. The highest BCUT2D eigenvalue weighted by Gasteiger charge is 2.27. The van der Waals surface area contributed by atoms with E-state index in [1.165, 1.54) is 18.2 Å². The van der Waals surface area contributed by atoms with E-state index >= 15 is 0 Å². The average Bonchev–Trinajstić information content (AvgIpc) is 3.41. The van der Waals surface area contributed by atoms with Crippen LogP contribution >= 0.6 is 12.6 Å². The van der Waals surface area contributed by atoms with Gasteiger partial charge in [-0.3, -0.25) is 0 Å². The second-order valence-electron chi connectivity index (χ2n) is 6.97. The summed E-state index contributed by atoms with van der Waals surface area (Å²) in [5.41, 5.74) is 1.53. The van der Waals surface area contributed by atoms with Crippen molar-refractivity contribution in [2.45, 2.75) is 27.1 Å². The van der Waals surface area contributed by atoms with Crippen LogP contribution in [-0.4, -0.2) is 56.6 Å². The van der Waals surface area contributed by atoms with Crippen molar-refractivity contribution in [3.05, 3.63) is 36.4 Å². The van der Waals surface area contributed by atoms with Crippen LogP contribution in [0, 0.1) is 0 Å². The molecule has 0 radical (unpaired) electrons. The van der Waals surface area contributed by atoms with Gasteiger partial charge in [0.2, 0.25) is 20.0 Å². The minimum atomic E-state index is -3.86. The lowest BCUT2D eigenvalue weighted by Crippen LogP contribution is -2.36. The summed E-state index contributed by atoms with van der Waals surface area (Å²) in [6.07, 6.45) is 0.689. The summed E-state index contributed by atoms with van der Waals surface area (Å²) >= 11 is 4.51. The number of primary sulfonamides is 1. The predicted octanol–water partition coefficient (Wildman–Crippen LogP) is 0.110. The Morgan fingerprint density at radius 2 is 1.84 bits per heavy atom. The maximum atomic E-state index is 13.0. The molecule has 1 saturated heterocycles. The lowest BCUT2D eigenvalue weighted by atomic mass is 9.99. The van der Waals surface area contributed by atoms with Crippen molar-refractivity contribution in [1.29, 1.82) is 0 Å². The Morgan fingerprint density at radius 1 is 1.10 bits per heavy atom. The molecule has 164 valence electrons. The van der Waals surface area contributed by atoms with Gasteiger partial charge in [-0.2, -0.15) is 0 Å². The molecule has 1 aliphatic heterocycles. The van der Waals surface area contributed by atoms with Crippen LogP contribution in [0.1, 0.15) is 6.42 Å². The first-order valence-corrected chi connectivity index (χ1v) is 12.6. The molecule has 11 nitrogen and oxygen atoms in total. The van der Waals surface area contributed by atoms with Gasteiger partial charge in [-0.25, -0.2) is 31.8 Å². The fraction of sp³-hybridized carbons (Fsp3) is 0.235. The van der Waals surface area contributed by atoms with Gasteiger partial charge in [0.1, 0.15) is 0 Å². The molecule has 5 N–H and O–H groups in total. The first-order valence-electron chi connectivity index (χ1n) is 9.13. The Balaban J connectivity index is 1.83. The van der Waals surface area contributed by atoms with Crippen molar-refractivity contribution in [3.8, 4) is 22.5 Å². The number of sulfonamides is 2. The highest BCUT2D eigenvalue weighted by Crippen LogP contribution is 2.38. The van der Waals surface area contributed by atoms with Gasteiger partial charge in [0, 0.05) is 23.0 Å². The molecule has 3 aromatic rings. The molecule has 1 fully saturated rings. The van der Waals surface area contributed by atoms with E-state index < -0.39 is 20.0 Å². The molecule has 0 unspecified atom stereocenters. The Bertz CT molecular complexity index is 1300. The quantitative estimate of drug-likeness (QED) is 0.309. The van der Waals surface area contributed by atoms with Crippen LogP contribution in [0.5, 0.6) is 0 Å². The van der Waals surface area contributed by atoms with E-state index in [-0.39, 0.29) is 26.6 Å². The zero-order valence-corrected chi connectivity index (χ0v) is 18.5. The largest absolute Gasteiger partial charge is 0.315 e. The molecular weight excluding hydrogens is 462 g/mol. The number of aromatic nitrogens is 4. The standard InChI is InChI=1S/C17H19N7O4S3/c18-30(25,26)12-3-1-10(2-4-12)13-5-6-14(16(29)15(13)17-20-23-24-21-17)31(27,28)22-11-7-8-19-9-11/h1-6,11,19,22,29H,7-9H2,(H2,18,25,26)(H,20,21,23,24)/t11-/m1/s1. The van der Waals surface area contributed by atoms with Crippen molar-refractivity contribution in [3.63, 3.8) is 0 Å². The van der Waals surface area contributed by atoms with E-state index in [2.05, 4.69) is 43.3 Å². The third-order valence-corrected chi connectivity index (χ3v) is 8.00. The summed E-state index contributed by atoms with van der Waals surface area (Å²) in [4.78, 5) is 0.0999. The molecular formula is C17H19N7O4S3. The summed E-state index contributed by atoms with van der Waals surface area (Å²) in [5.74, 6) is 0.218. The Hall–Kier alpha value is -2.36. The van der Waals surface area contributed by atoms with Crippen LogP contribution in [-0.2, 0) is 20.0 Å². The van der Waals surface area contributed by atoms with E-state index in [0.29, 0.717) is 29.7 Å². The van der Waals surface area contributed by atoms with Crippen LogP contribution in [0.3, 0.4) is 0 Å². The van der Waals surface area contributed by atoms with E-state index in [1.54, 1.807) is 18.2 Å². The number of hydrogen-bond donors (Lipinski definition) is 5. The third-order valence-electron chi connectivity index (χ3n) is 4.89. The number of thiol groups is 1. The summed E-state index contributed by atoms with van der Waals surface area (Å²) in [7, 11) is -7.70. The molecule has 0 spiro atoms. The summed E-state index contributed by atoms with van der Waals surface area (Å²) in [5, 5.41) is 22.0. The summed E-state index contributed by atoms with van der Waals surface area (Å²) in [6.45, 7) is 1.29. The SMILES string of the molecule is NS(=O)(=O)c1ccc(-c2ccc(S(=O)(=O)N[C@@H]3CCNC3)c(S)c2-c2nnn[nH]2)cc1. The number of nitrogens with zero attached hydrogens (tertiary/aromatic N) is 3. The number of benzene rings is 2. The fourth-order valence-electron chi connectivity index (χ4n) is 3.40. The lowest BCUT2D eigenvalue weighted by Gasteiger charge is -2.17. The smallest absolute Gasteiger partial charge is 0.241 e. The second kappa shape index (κ2) is 8.29. The zero-order chi connectivity index (χ0) is 22.2. The molecule has 0 amide bonds. The number of aromatic amines is 1. The van der Waals surface area contributed by atoms with Gasteiger partial charge in [-0.05, 0) is 52.7 Å². The highest BCUT2D eigenvalue weighted by molar-refractivity contribution is 7.90. The molecule has 31 heavy (non-hydrogen) atoms. The second-order valence-corrected chi connectivity index (χ2v) is 10.7. The molecule has 0 bridgehead atoms. The van der Waals surface area contributed by atoms with Gasteiger partial charge in [0.15, 0.2) is 5.82 Å². The minimum absolute atomic E-state index is 0.0148. The number of H-pyrrole nitrogens is 1. The van der Waals surface area contributed by atoms with Crippen LogP contribution < -0.4 is 15.2 Å². The molecule has 2 aromatic carbocycles. The normalized spacial score (nSPS) is 17.2. The monoisotopic (exact) mass is 481 g/mol. The molecule has 1 aliphatic rings. The van der Waals surface area contributed by atoms with Gasteiger partial charge in [0.25, 0.3) is 0 Å². The lowest BCUT2D eigenvalue weighted by molar-refractivity contribution is 0.558. The molecule has 4 rings (SSSR count). The van der Waals surface area contributed by atoms with Crippen LogP contribution in [0.15, 0.2) is 51.1 Å². The van der Waals surface area contributed by atoms with Gasteiger partial charge < -0.3 is 5.32 Å². The molecule has 2 heterocycles. The number of hydrogen-bond acceptors (Lipinski definition) is 9. The number of rotatable bonds is 6. The maximum Gasteiger partial charge on any atom is 0.241 e. The zero-order valence-electron chi connectivity index (χ0n) is 16.0. The first-order chi connectivity index (χ1) is 14.7. The number of nitrogens with one attached hydrogen (secondary N) is 3. The topological polar surface area (TPSA) is 173 Å². The van der Waals surface area contributed by atoms with Crippen molar-refractivity contribution in [2.75, 3.05) is 13.1 Å². The van der Waals surface area contributed by atoms with Crippen molar-refractivity contribution in [2.24, 2.45) is 5.14 Å². The molecule has 1 atom stereocenters. The van der Waals surface area contributed by atoms with E-state index in [0.717, 1.165) is 6.54 Å². The summed E-state index contributed by atoms with van der Waals surface area (Å²) in [6, 6.07) is 8.69. The Labute approximate surface area is 184 Å². The molecule has 14 heteroatoms. The van der Waals surface area contributed by atoms with Gasteiger partial charge in [-0.15, -0.1) is 17.7 Å². The van der Waals surface area contributed by atoms with E-state index in [4.69, 9.17) is 5.14 Å². The third kappa shape index (κ3) is 4.49. The first kappa shape index (κ1) is 21.9.